The van der Waals surface area contributed by atoms with Gasteiger partial charge >= 0.3 is 0 Å². The Hall–Kier alpha value is -0.870. The fourth-order valence-electron chi connectivity index (χ4n) is 1.63. The van der Waals surface area contributed by atoms with Gasteiger partial charge in [0.1, 0.15) is 6.10 Å². The molecule has 0 spiro atoms. The van der Waals surface area contributed by atoms with Gasteiger partial charge < -0.3 is 10.5 Å². The Balaban J connectivity index is 2.56. The van der Waals surface area contributed by atoms with E-state index >= 15 is 0 Å². The smallest absolute Gasteiger partial charge is 0.100 e. The predicted molar refractivity (Wildman–Crippen MR) is 69.6 cm³/mol. The van der Waals surface area contributed by atoms with Gasteiger partial charge in [0, 0.05) is 31.5 Å². The molecule has 0 aliphatic carbocycles. The lowest BCUT2D eigenvalue weighted by atomic mass is 9.93. The minimum atomic E-state index is -0.0638. The molecule has 1 rings (SSSR count). The Morgan fingerprint density at radius 3 is 2.53 bits per heavy atom. The highest BCUT2D eigenvalue weighted by molar-refractivity contribution is 5.10. The monoisotopic (exact) mass is 239 g/mol. The van der Waals surface area contributed by atoms with Crippen molar-refractivity contribution in [3.8, 4) is 0 Å². The normalized spacial score (nSPS) is 15.9. The van der Waals surface area contributed by atoms with Crippen LogP contribution in [-0.4, -0.2) is 22.4 Å². The lowest BCUT2D eigenvalue weighted by molar-refractivity contribution is 0.0241. The molecule has 0 aromatic carbocycles. The lowest BCUT2D eigenvalue weighted by Gasteiger charge is -2.23. The Kier molecular flexibility index (Phi) is 4.71. The van der Waals surface area contributed by atoms with Gasteiger partial charge in [0.2, 0.25) is 0 Å². The van der Waals surface area contributed by atoms with Crippen molar-refractivity contribution in [2.24, 2.45) is 18.2 Å². The number of nitrogens with zero attached hydrogens (tertiary/aromatic N) is 2. The second-order valence-electron chi connectivity index (χ2n) is 5.91. The Labute approximate surface area is 104 Å². The molecule has 4 heteroatoms. The van der Waals surface area contributed by atoms with E-state index in [4.69, 9.17) is 10.5 Å². The number of hydrogen-bond acceptors (Lipinski definition) is 3. The minimum Gasteiger partial charge on any atom is -0.372 e. The average Bonchev–Trinajstić information content (AvgIpc) is 2.57. The zero-order valence-corrected chi connectivity index (χ0v) is 11.6. The van der Waals surface area contributed by atoms with Crippen LogP contribution in [0.2, 0.25) is 0 Å². The summed E-state index contributed by atoms with van der Waals surface area (Å²) in [6.45, 7) is 9.32. The summed E-state index contributed by atoms with van der Waals surface area (Å²) in [7, 11) is 1.90. The highest BCUT2D eigenvalue weighted by Gasteiger charge is 2.19. The summed E-state index contributed by atoms with van der Waals surface area (Å²) in [5.74, 6) is 0. The van der Waals surface area contributed by atoms with Crippen LogP contribution in [0.4, 0.5) is 0 Å². The second-order valence-corrected chi connectivity index (χ2v) is 5.91. The first-order valence-corrected chi connectivity index (χ1v) is 6.15. The Bertz CT molecular complexity index is 339. The third-order valence-electron chi connectivity index (χ3n) is 2.68. The summed E-state index contributed by atoms with van der Waals surface area (Å²) in [6.07, 6.45) is 4.75. The van der Waals surface area contributed by atoms with E-state index < -0.39 is 0 Å². The molecule has 2 N–H and O–H groups in total. The maximum Gasteiger partial charge on any atom is 0.100 e. The molecule has 1 aromatic heterocycles. The van der Waals surface area contributed by atoms with Crippen molar-refractivity contribution in [3.05, 3.63) is 18.0 Å². The average molecular weight is 239 g/mol. The van der Waals surface area contributed by atoms with E-state index in [0.717, 1.165) is 18.6 Å². The number of nitrogens with two attached hydrogens (primary N) is 1. The first kappa shape index (κ1) is 14.2. The van der Waals surface area contributed by atoms with Gasteiger partial charge in [0.15, 0.2) is 0 Å². The molecule has 0 fully saturated rings. The van der Waals surface area contributed by atoms with Gasteiger partial charge in [-0.3, -0.25) is 4.68 Å². The van der Waals surface area contributed by atoms with E-state index in [-0.39, 0.29) is 17.6 Å². The summed E-state index contributed by atoms with van der Waals surface area (Å²) in [5.41, 5.74) is 7.31. The zero-order chi connectivity index (χ0) is 13.1. The number of aryl methyl sites for hydroxylation is 1. The molecule has 0 aliphatic rings. The fourth-order valence-corrected chi connectivity index (χ4v) is 1.63. The van der Waals surface area contributed by atoms with Crippen LogP contribution in [0, 0.1) is 5.41 Å². The minimum absolute atomic E-state index is 0.0285. The molecule has 1 aromatic rings. The topological polar surface area (TPSA) is 53.1 Å². The molecule has 0 bridgehead atoms. The van der Waals surface area contributed by atoms with Crippen LogP contribution in [0.3, 0.4) is 0 Å². The van der Waals surface area contributed by atoms with Gasteiger partial charge in [0.25, 0.3) is 0 Å². The van der Waals surface area contributed by atoms with Gasteiger partial charge in [-0.05, 0) is 18.8 Å². The van der Waals surface area contributed by atoms with E-state index in [1.165, 1.54) is 0 Å². The van der Waals surface area contributed by atoms with Crippen molar-refractivity contribution in [1.82, 2.24) is 9.78 Å². The number of ether oxygens (including phenoxy) is 1. The van der Waals surface area contributed by atoms with Crippen molar-refractivity contribution in [3.63, 3.8) is 0 Å². The molecule has 2 atom stereocenters. The lowest BCUT2D eigenvalue weighted by Crippen LogP contribution is -2.27. The zero-order valence-electron chi connectivity index (χ0n) is 11.6. The molecule has 98 valence electrons. The Morgan fingerprint density at radius 1 is 1.47 bits per heavy atom. The SMILES string of the molecule is CC(N)C(OCCC(C)(C)C)c1cnn(C)c1. The summed E-state index contributed by atoms with van der Waals surface area (Å²) >= 11 is 0. The largest absolute Gasteiger partial charge is 0.372 e. The van der Waals surface area contributed by atoms with Crippen LogP contribution in [0.1, 0.15) is 45.8 Å². The van der Waals surface area contributed by atoms with Crippen LogP contribution in [-0.2, 0) is 11.8 Å². The molecule has 0 amide bonds. The van der Waals surface area contributed by atoms with E-state index in [0.29, 0.717) is 0 Å². The molecule has 17 heavy (non-hydrogen) atoms. The van der Waals surface area contributed by atoms with Crippen molar-refractivity contribution in [1.29, 1.82) is 0 Å². The van der Waals surface area contributed by atoms with E-state index in [1.807, 2.05) is 26.4 Å². The number of rotatable bonds is 5. The van der Waals surface area contributed by atoms with E-state index in [1.54, 1.807) is 4.68 Å². The van der Waals surface area contributed by atoms with Gasteiger partial charge in [-0.25, -0.2) is 0 Å². The third-order valence-corrected chi connectivity index (χ3v) is 2.68. The first-order valence-electron chi connectivity index (χ1n) is 6.15. The van der Waals surface area contributed by atoms with Crippen LogP contribution >= 0.6 is 0 Å². The third kappa shape index (κ3) is 4.88. The number of aromatic nitrogens is 2. The van der Waals surface area contributed by atoms with Crippen molar-refractivity contribution >= 4 is 0 Å². The summed E-state index contributed by atoms with van der Waals surface area (Å²) < 4.78 is 7.68. The Morgan fingerprint density at radius 2 is 2.12 bits per heavy atom. The first-order chi connectivity index (χ1) is 7.79. The predicted octanol–water partition coefficient (Wildman–Crippen LogP) is 2.26. The van der Waals surface area contributed by atoms with Gasteiger partial charge in [-0.1, -0.05) is 20.8 Å². The quantitative estimate of drug-likeness (QED) is 0.857. The van der Waals surface area contributed by atoms with E-state index in [9.17, 15) is 0 Å². The van der Waals surface area contributed by atoms with E-state index in [2.05, 4.69) is 25.9 Å². The van der Waals surface area contributed by atoms with Crippen molar-refractivity contribution < 1.29 is 4.74 Å². The molecule has 0 saturated heterocycles. The van der Waals surface area contributed by atoms with Gasteiger partial charge in [0.05, 0.1) is 6.20 Å². The van der Waals surface area contributed by atoms with Crippen molar-refractivity contribution in [2.75, 3.05) is 6.61 Å². The summed E-state index contributed by atoms with van der Waals surface area (Å²) in [4.78, 5) is 0. The number of hydrogen-bond donors (Lipinski definition) is 1. The molecular weight excluding hydrogens is 214 g/mol. The maximum atomic E-state index is 5.97. The second kappa shape index (κ2) is 5.65. The fraction of sp³-hybridized carbons (Fsp3) is 0.769. The van der Waals surface area contributed by atoms with Crippen LogP contribution < -0.4 is 5.73 Å². The van der Waals surface area contributed by atoms with Gasteiger partial charge in [-0.15, -0.1) is 0 Å². The standard InChI is InChI=1S/C13H25N3O/c1-10(14)12(11-8-15-16(5)9-11)17-7-6-13(2,3)4/h8-10,12H,6-7,14H2,1-5H3. The molecular formula is C13H25N3O. The molecule has 0 radical (unpaired) electrons. The molecule has 0 saturated carbocycles. The molecule has 2 unspecified atom stereocenters. The summed E-state index contributed by atoms with van der Waals surface area (Å²) in [5, 5.41) is 4.16. The van der Waals surface area contributed by atoms with Crippen molar-refractivity contribution in [2.45, 2.75) is 46.3 Å². The van der Waals surface area contributed by atoms with Crippen LogP contribution in [0.15, 0.2) is 12.4 Å². The molecule has 0 aliphatic heterocycles. The van der Waals surface area contributed by atoms with Crippen LogP contribution in [0.25, 0.3) is 0 Å². The van der Waals surface area contributed by atoms with Gasteiger partial charge in [-0.2, -0.15) is 5.10 Å². The highest BCUT2D eigenvalue weighted by atomic mass is 16.5. The highest BCUT2D eigenvalue weighted by Crippen LogP contribution is 2.23. The molecule has 4 nitrogen and oxygen atoms in total. The molecule has 1 heterocycles. The summed E-state index contributed by atoms with van der Waals surface area (Å²) in [6, 6.07) is -0.0285. The van der Waals surface area contributed by atoms with Crippen LogP contribution in [0.5, 0.6) is 0 Å². The maximum absolute atomic E-state index is 5.97.